The zero-order chi connectivity index (χ0) is 10.8. The fraction of sp³-hybridized carbons (Fsp3) is 0.0833. The van der Waals surface area contributed by atoms with E-state index >= 15 is 0 Å². The summed E-state index contributed by atoms with van der Waals surface area (Å²) in [5.74, 6) is 0. The zero-order valence-electron chi connectivity index (χ0n) is 8.16. The first-order chi connectivity index (χ1) is 7.22. The molecule has 15 heavy (non-hydrogen) atoms. The molecule has 3 heteroatoms. The SMILES string of the molecule is Cc1ccsc1-c1ccc(C=O)cc1Cl. The lowest BCUT2D eigenvalue weighted by atomic mass is 10.1. The highest BCUT2D eigenvalue weighted by Gasteiger charge is 2.07. The normalized spacial score (nSPS) is 10.3. The summed E-state index contributed by atoms with van der Waals surface area (Å²) in [6, 6.07) is 7.44. The van der Waals surface area contributed by atoms with Gasteiger partial charge in [-0.05, 0) is 30.0 Å². The number of rotatable bonds is 2. The first-order valence-corrected chi connectivity index (χ1v) is 5.77. The molecule has 0 atom stereocenters. The van der Waals surface area contributed by atoms with Crippen LogP contribution in [0.1, 0.15) is 15.9 Å². The maximum absolute atomic E-state index is 10.6. The Balaban J connectivity index is 2.55. The highest BCUT2D eigenvalue weighted by Crippen LogP contribution is 2.34. The number of carbonyl (C=O) groups excluding carboxylic acids is 1. The summed E-state index contributed by atoms with van der Waals surface area (Å²) < 4.78 is 0. The van der Waals surface area contributed by atoms with Gasteiger partial charge in [-0.25, -0.2) is 0 Å². The van der Waals surface area contributed by atoms with Gasteiger partial charge in [-0.3, -0.25) is 4.79 Å². The van der Waals surface area contributed by atoms with Crippen LogP contribution in [0.2, 0.25) is 5.02 Å². The molecule has 1 aromatic carbocycles. The average Bonchev–Trinajstić information content (AvgIpc) is 2.64. The van der Waals surface area contributed by atoms with Crippen molar-refractivity contribution in [2.45, 2.75) is 6.92 Å². The average molecular weight is 237 g/mol. The van der Waals surface area contributed by atoms with Crippen LogP contribution in [0, 0.1) is 6.92 Å². The second kappa shape index (κ2) is 4.17. The highest BCUT2D eigenvalue weighted by atomic mass is 35.5. The minimum Gasteiger partial charge on any atom is -0.298 e. The van der Waals surface area contributed by atoms with Gasteiger partial charge in [0.1, 0.15) is 6.29 Å². The molecular weight excluding hydrogens is 228 g/mol. The molecule has 0 aliphatic rings. The van der Waals surface area contributed by atoms with E-state index in [2.05, 4.69) is 13.0 Å². The van der Waals surface area contributed by atoms with E-state index in [-0.39, 0.29) is 0 Å². The summed E-state index contributed by atoms with van der Waals surface area (Å²) in [6.45, 7) is 2.05. The third-order valence-electron chi connectivity index (χ3n) is 2.24. The molecular formula is C12H9ClOS. The lowest BCUT2D eigenvalue weighted by Crippen LogP contribution is -1.83. The predicted octanol–water partition coefficient (Wildman–Crippen LogP) is 4.19. The molecule has 0 radical (unpaired) electrons. The van der Waals surface area contributed by atoms with Crippen molar-refractivity contribution in [1.29, 1.82) is 0 Å². The number of carbonyl (C=O) groups is 1. The van der Waals surface area contributed by atoms with Crippen LogP contribution < -0.4 is 0 Å². The van der Waals surface area contributed by atoms with Gasteiger partial charge in [0.25, 0.3) is 0 Å². The second-order valence-electron chi connectivity index (χ2n) is 3.29. The zero-order valence-corrected chi connectivity index (χ0v) is 9.73. The number of halogens is 1. The number of thiophene rings is 1. The lowest BCUT2D eigenvalue weighted by Gasteiger charge is -2.03. The fourth-order valence-corrected chi connectivity index (χ4v) is 2.74. The Kier molecular flexibility index (Phi) is 2.89. The summed E-state index contributed by atoms with van der Waals surface area (Å²) in [5, 5.41) is 2.67. The molecule has 0 spiro atoms. The third kappa shape index (κ3) is 1.96. The number of aryl methyl sites for hydroxylation is 1. The highest BCUT2D eigenvalue weighted by molar-refractivity contribution is 7.13. The Morgan fingerprint density at radius 3 is 2.67 bits per heavy atom. The summed E-state index contributed by atoms with van der Waals surface area (Å²) in [7, 11) is 0. The molecule has 1 nitrogen and oxygen atoms in total. The molecule has 0 fully saturated rings. The molecule has 0 aliphatic carbocycles. The van der Waals surface area contributed by atoms with Gasteiger partial charge in [0.05, 0.1) is 0 Å². The summed E-state index contributed by atoms with van der Waals surface area (Å²) in [4.78, 5) is 11.7. The number of hydrogen-bond acceptors (Lipinski definition) is 2. The van der Waals surface area contributed by atoms with Crippen LogP contribution in [0.3, 0.4) is 0 Å². The van der Waals surface area contributed by atoms with E-state index in [1.807, 2.05) is 11.4 Å². The number of aldehydes is 1. The second-order valence-corrected chi connectivity index (χ2v) is 4.61. The molecule has 0 unspecified atom stereocenters. The monoisotopic (exact) mass is 236 g/mol. The van der Waals surface area contributed by atoms with E-state index in [1.54, 1.807) is 23.5 Å². The van der Waals surface area contributed by atoms with Crippen LogP contribution in [0.5, 0.6) is 0 Å². The quantitative estimate of drug-likeness (QED) is 0.715. The van der Waals surface area contributed by atoms with Gasteiger partial charge in [-0.15, -0.1) is 11.3 Å². The maximum Gasteiger partial charge on any atom is 0.150 e. The van der Waals surface area contributed by atoms with Crippen molar-refractivity contribution in [3.8, 4) is 10.4 Å². The molecule has 0 N–H and O–H groups in total. The fourth-order valence-electron chi connectivity index (χ4n) is 1.44. The van der Waals surface area contributed by atoms with E-state index in [0.717, 1.165) is 16.7 Å². The molecule has 0 saturated carbocycles. The Bertz CT molecular complexity index is 502. The topological polar surface area (TPSA) is 17.1 Å². The van der Waals surface area contributed by atoms with Gasteiger partial charge in [-0.2, -0.15) is 0 Å². The number of benzene rings is 1. The van der Waals surface area contributed by atoms with E-state index in [4.69, 9.17) is 11.6 Å². The molecule has 0 amide bonds. The molecule has 0 bridgehead atoms. The molecule has 2 aromatic rings. The molecule has 2 rings (SSSR count). The van der Waals surface area contributed by atoms with Gasteiger partial charge < -0.3 is 0 Å². The van der Waals surface area contributed by atoms with Crippen molar-refractivity contribution < 1.29 is 4.79 Å². The van der Waals surface area contributed by atoms with E-state index in [9.17, 15) is 4.79 Å². The van der Waals surface area contributed by atoms with Gasteiger partial charge in [0.15, 0.2) is 0 Å². The predicted molar refractivity (Wildman–Crippen MR) is 64.9 cm³/mol. The van der Waals surface area contributed by atoms with Gasteiger partial charge in [0.2, 0.25) is 0 Å². The maximum atomic E-state index is 10.6. The van der Waals surface area contributed by atoms with Gasteiger partial charge in [0, 0.05) is 21.0 Å². The van der Waals surface area contributed by atoms with Crippen LogP contribution in [-0.4, -0.2) is 6.29 Å². The standard InChI is InChI=1S/C12H9ClOS/c1-8-4-5-15-12(8)10-3-2-9(7-14)6-11(10)13/h2-7H,1H3. The smallest absolute Gasteiger partial charge is 0.150 e. The summed E-state index contributed by atoms with van der Waals surface area (Å²) in [5.41, 5.74) is 2.81. The molecule has 76 valence electrons. The van der Waals surface area contributed by atoms with Crippen molar-refractivity contribution in [3.63, 3.8) is 0 Å². The van der Waals surface area contributed by atoms with Crippen molar-refractivity contribution >= 4 is 29.2 Å². The van der Waals surface area contributed by atoms with Crippen LogP contribution in [0.15, 0.2) is 29.6 Å². The number of hydrogen-bond donors (Lipinski definition) is 0. The first-order valence-electron chi connectivity index (χ1n) is 4.51. The minimum atomic E-state index is 0.609. The summed E-state index contributed by atoms with van der Waals surface area (Å²) >= 11 is 7.78. The van der Waals surface area contributed by atoms with Crippen molar-refractivity contribution in [3.05, 3.63) is 45.8 Å². The van der Waals surface area contributed by atoms with E-state index in [1.165, 1.54) is 5.56 Å². The van der Waals surface area contributed by atoms with Crippen LogP contribution in [0.25, 0.3) is 10.4 Å². The Hall–Kier alpha value is -1.12. The third-order valence-corrected chi connectivity index (χ3v) is 3.60. The van der Waals surface area contributed by atoms with Crippen LogP contribution in [0.4, 0.5) is 0 Å². The van der Waals surface area contributed by atoms with Crippen LogP contribution in [-0.2, 0) is 0 Å². The van der Waals surface area contributed by atoms with Gasteiger partial charge in [-0.1, -0.05) is 23.7 Å². The van der Waals surface area contributed by atoms with Crippen molar-refractivity contribution in [2.75, 3.05) is 0 Å². The molecule has 0 saturated heterocycles. The van der Waals surface area contributed by atoms with Gasteiger partial charge >= 0.3 is 0 Å². The van der Waals surface area contributed by atoms with E-state index < -0.39 is 0 Å². The molecule has 1 heterocycles. The minimum absolute atomic E-state index is 0.609. The summed E-state index contributed by atoms with van der Waals surface area (Å²) in [6.07, 6.45) is 0.803. The Labute approximate surface area is 97.3 Å². The molecule has 0 aliphatic heterocycles. The Morgan fingerprint density at radius 1 is 1.33 bits per heavy atom. The Morgan fingerprint density at radius 2 is 2.13 bits per heavy atom. The van der Waals surface area contributed by atoms with Crippen molar-refractivity contribution in [1.82, 2.24) is 0 Å². The van der Waals surface area contributed by atoms with Crippen LogP contribution >= 0.6 is 22.9 Å². The molecule has 1 aromatic heterocycles. The largest absolute Gasteiger partial charge is 0.298 e. The first kappa shape index (κ1) is 10.4. The van der Waals surface area contributed by atoms with Crippen molar-refractivity contribution in [2.24, 2.45) is 0 Å². The van der Waals surface area contributed by atoms with E-state index in [0.29, 0.717) is 10.6 Å². The lowest BCUT2D eigenvalue weighted by molar-refractivity contribution is 0.112.